The van der Waals surface area contributed by atoms with Crippen molar-refractivity contribution in [3.05, 3.63) is 35.6 Å². The fraction of sp³-hybridized carbons (Fsp3) is 0.562. The molecule has 1 unspecified atom stereocenters. The largest absolute Gasteiger partial charge is 0.444 e. The number of nitrogens with zero attached hydrogens (tertiary/aromatic N) is 1. The summed E-state index contributed by atoms with van der Waals surface area (Å²) < 4.78 is 18.4. The first kappa shape index (κ1) is 15.8. The van der Waals surface area contributed by atoms with Gasteiger partial charge in [0.05, 0.1) is 0 Å². The second-order valence-electron chi connectivity index (χ2n) is 6.38. The maximum atomic E-state index is 13.1. The molecule has 1 aromatic carbocycles. The number of hydrogen-bond acceptors (Lipinski definition) is 3. The van der Waals surface area contributed by atoms with E-state index in [2.05, 4.69) is 5.32 Å². The smallest absolute Gasteiger partial charge is 0.410 e. The lowest BCUT2D eigenvalue weighted by Gasteiger charge is -2.41. The first-order valence-electron chi connectivity index (χ1n) is 7.30. The minimum Gasteiger partial charge on any atom is -0.444 e. The minimum absolute atomic E-state index is 0.161. The standard InChI is InChI=1S/C16H23FN2O2/c1-16(2,3)21-15(20)19-8-7-14(19)11-18-10-12-5-4-6-13(17)9-12/h4-6,9,14,18H,7-8,10-11H2,1-3H3. The molecule has 1 aliphatic rings. The first-order chi connectivity index (χ1) is 9.85. The van der Waals surface area contributed by atoms with Crippen molar-refractivity contribution >= 4 is 6.09 Å². The number of benzene rings is 1. The summed E-state index contributed by atoms with van der Waals surface area (Å²) in [6.07, 6.45) is 0.710. The van der Waals surface area contributed by atoms with Gasteiger partial charge in [0.1, 0.15) is 11.4 Å². The van der Waals surface area contributed by atoms with E-state index < -0.39 is 5.60 Å². The van der Waals surface area contributed by atoms with E-state index in [9.17, 15) is 9.18 Å². The van der Waals surface area contributed by atoms with Gasteiger partial charge in [0.2, 0.25) is 0 Å². The SMILES string of the molecule is CC(C)(C)OC(=O)N1CCC1CNCc1cccc(F)c1. The van der Waals surface area contributed by atoms with Gasteiger partial charge in [-0.05, 0) is 44.9 Å². The van der Waals surface area contributed by atoms with Crippen LogP contribution < -0.4 is 5.32 Å². The summed E-state index contributed by atoms with van der Waals surface area (Å²) in [7, 11) is 0. The van der Waals surface area contributed by atoms with Gasteiger partial charge in [0, 0.05) is 25.7 Å². The van der Waals surface area contributed by atoms with Gasteiger partial charge in [-0.15, -0.1) is 0 Å². The minimum atomic E-state index is -0.466. The molecule has 0 saturated carbocycles. The molecule has 1 N–H and O–H groups in total. The van der Waals surface area contributed by atoms with Crippen LogP contribution in [0.2, 0.25) is 0 Å². The summed E-state index contributed by atoms with van der Waals surface area (Å²) in [4.78, 5) is 13.7. The zero-order valence-corrected chi connectivity index (χ0v) is 12.9. The Morgan fingerprint density at radius 3 is 2.81 bits per heavy atom. The number of carbonyl (C=O) groups excluding carboxylic acids is 1. The predicted octanol–water partition coefficient (Wildman–Crippen LogP) is 2.92. The van der Waals surface area contributed by atoms with Crippen LogP contribution in [0.3, 0.4) is 0 Å². The number of amides is 1. The maximum Gasteiger partial charge on any atom is 0.410 e. The Morgan fingerprint density at radius 1 is 1.48 bits per heavy atom. The number of likely N-dealkylation sites (tertiary alicyclic amines) is 1. The van der Waals surface area contributed by atoms with Crippen LogP contribution in [0.25, 0.3) is 0 Å². The van der Waals surface area contributed by atoms with Crippen LogP contribution in [0, 0.1) is 5.82 Å². The topological polar surface area (TPSA) is 41.6 Å². The van der Waals surface area contributed by atoms with Crippen molar-refractivity contribution in [2.75, 3.05) is 13.1 Å². The van der Waals surface area contributed by atoms with Crippen molar-refractivity contribution in [1.29, 1.82) is 0 Å². The Kier molecular flexibility index (Phi) is 4.83. The molecule has 0 spiro atoms. The number of halogens is 1. The van der Waals surface area contributed by atoms with E-state index in [0.29, 0.717) is 13.1 Å². The highest BCUT2D eigenvalue weighted by molar-refractivity contribution is 5.69. The lowest BCUT2D eigenvalue weighted by atomic mass is 10.0. The highest BCUT2D eigenvalue weighted by Gasteiger charge is 2.34. The average Bonchev–Trinajstić information content (AvgIpc) is 2.30. The monoisotopic (exact) mass is 294 g/mol. The summed E-state index contributed by atoms with van der Waals surface area (Å²) in [6.45, 7) is 7.61. The van der Waals surface area contributed by atoms with Crippen LogP contribution in [0.15, 0.2) is 24.3 Å². The molecule has 2 rings (SSSR count). The normalized spacial score (nSPS) is 18.3. The van der Waals surface area contributed by atoms with Gasteiger partial charge >= 0.3 is 6.09 Å². The highest BCUT2D eigenvalue weighted by atomic mass is 19.1. The fourth-order valence-electron chi connectivity index (χ4n) is 2.24. The van der Waals surface area contributed by atoms with Crippen molar-refractivity contribution in [3.63, 3.8) is 0 Å². The Bertz CT molecular complexity index is 499. The van der Waals surface area contributed by atoms with Crippen LogP contribution in [0.1, 0.15) is 32.8 Å². The summed E-state index contributed by atoms with van der Waals surface area (Å²) in [5.74, 6) is -0.228. The molecule has 0 bridgehead atoms. The molecule has 1 aliphatic heterocycles. The molecular formula is C16H23FN2O2. The molecule has 1 aromatic rings. The number of ether oxygens (including phenoxy) is 1. The molecular weight excluding hydrogens is 271 g/mol. The van der Waals surface area contributed by atoms with Gasteiger partial charge in [-0.3, -0.25) is 0 Å². The van der Waals surface area contributed by atoms with Gasteiger partial charge in [0.25, 0.3) is 0 Å². The maximum absolute atomic E-state index is 13.1. The molecule has 0 radical (unpaired) electrons. The predicted molar refractivity (Wildman–Crippen MR) is 79.5 cm³/mol. The lowest BCUT2D eigenvalue weighted by Crippen LogP contribution is -2.56. The molecule has 1 saturated heterocycles. The summed E-state index contributed by atoms with van der Waals surface area (Å²) in [6, 6.07) is 6.68. The third-order valence-corrected chi connectivity index (χ3v) is 3.37. The van der Waals surface area contributed by atoms with Gasteiger partial charge in [-0.2, -0.15) is 0 Å². The molecule has 1 heterocycles. The van der Waals surface area contributed by atoms with Crippen LogP contribution in [0.4, 0.5) is 9.18 Å². The van der Waals surface area contributed by atoms with Crippen molar-refractivity contribution in [1.82, 2.24) is 10.2 Å². The van der Waals surface area contributed by atoms with Gasteiger partial charge in [-0.1, -0.05) is 12.1 Å². The van der Waals surface area contributed by atoms with Gasteiger partial charge in [-0.25, -0.2) is 9.18 Å². The average molecular weight is 294 g/mol. The molecule has 0 aromatic heterocycles. The molecule has 1 atom stereocenters. The molecule has 5 heteroatoms. The Morgan fingerprint density at radius 2 is 2.24 bits per heavy atom. The van der Waals surface area contributed by atoms with E-state index >= 15 is 0 Å². The zero-order valence-electron chi connectivity index (χ0n) is 12.9. The van der Waals surface area contributed by atoms with Crippen LogP contribution in [-0.2, 0) is 11.3 Å². The second-order valence-corrected chi connectivity index (χ2v) is 6.38. The summed E-state index contributed by atoms with van der Waals surface area (Å²) >= 11 is 0. The van der Waals surface area contributed by atoms with Crippen molar-refractivity contribution in [3.8, 4) is 0 Å². The quantitative estimate of drug-likeness (QED) is 0.928. The second kappa shape index (κ2) is 6.43. The number of carbonyl (C=O) groups is 1. The lowest BCUT2D eigenvalue weighted by molar-refractivity contribution is -0.00493. The number of nitrogens with one attached hydrogen (secondary N) is 1. The molecule has 21 heavy (non-hydrogen) atoms. The van der Waals surface area contributed by atoms with Gasteiger partial charge in [0.15, 0.2) is 0 Å². The fourth-order valence-corrected chi connectivity index (χ4v) is 2.24. The Balaban J connectivity index is 1.75. The Labute approximate surface area is 125 Å². The summed E-state index contributed by atoms with van der Waals surface area (Å²) in [5, 5.41) is 3.26. The molecule has 116 valence electrons. The molecule has 1 amide bonds. The number of rotatable bonds is 4. The summed E-state index contributed by atoms with van der Waals surface area (Å²) in [5.41, 5.74) is 0.435. The van der Waals surface area contributed by atoms with E-state index in [0.717, 1.165) is 18.5 Å². The van der Waals surface area contributed by atoms with Crippen LogP contribution in [0.5, 0.6) is 0 Å². The highest BCUT2D eigenvalue weighted by Crippen LogP contribution is 2.20. The zero-order chi connectivity index (χ0) is 15.5. The van der Waals surface area contributed by atoms with E-state index in [-0.39, 0.29) is 18.0 Å². The number of hydrogen-bond donors (Lipinski definition) is 1. The van der Waals surface area contributed by atoms with Crippen molar-refractivity contribution < 1.29 is 13.9 Å². The first-order valence-corrected chi connectivity index (χ1v) is 7.30. The third-order valence-electron chi connectivity index (χ3n) is 3.37. The van der Waals surface area contributed by atoms with E-state index in [4.69, 9.17) is 4.74 Å². The molecule has 0 aliphatic carbocycles. The van der Waals surface area contributed by atoms with E-state index in [1.54, 1.807) is 11.0 Å². The Hall–Kier alpha value is -1.62. The molecule has 4 nitrogen and oxygen atoms in total. The third kappa shape index (κ3) is 4.70. The van der Waals surface area contributed by atoms with E-state index in [1.165, 1.54) is 12.1 Å². The van der Waals surface area contributed by atoms with E-state index in [1.807, 2.05) is 26.8 Å². The van der Waals surface area contributed by atoms with Crippen LogP contribution in [-0.4, -0.2) is 35.7 Å². The van der Waals surface area contributed by atoms with Crippen LogP contribution >= 0.6 is 0 Å². The van der Waals surface area contributed by atoms with Gasteiger partial charge < -0.3 is 15.0 Å². The van der Waals surface area contributed by atoms with Crippen molar-refractivity contribution in [2.45, 2.75) is 45.4 Å². The van der Waals surface area contributed by atoms with Crippen molar-refractivity contribution in [2.24, 2.45) is 0 Å². The molecule has 1 fully saturated rings.